The van der Waals surface area contributed by atoms with E-state index in [2.05, 4.69) is 15.5 Å². The maximum absolute atomic E-state index is 12.4. The Bertz CT molecular complexity index is 927. The normalized spacial score (nSPS) is 11.7. The molecule has 0 saturated carbocycles. The van der Waals surface area contributed by atoms with Crippen LogP contribution in [0.15, 0.2) is 53.1 Å². The Labute approximate surface area is 167 Å². The summed E-state index contributed by atoms with van der Waals surface area (Å²) in [6.07, 6.45) is -0.145. The van der Waals surface area contributed by atoms with Crippen LogP contribution in [0.1, 0.15) is 19.2 Å². The molecule has 3 rings (SSSR count). The van der Waals surface area contributed by atoms with E-state index >= 15 is 0 Å². The summed E-state index contributed by atoms with van der Waals surface area (Å²) in [5, 5.41) is 7.31. The van der Waals surface area contributed by atoms with Crippen molar-refractivity contribution in [3.05, 3.63) is 59.4 Å². The molecule has 0 fully saturated rings. The van der Waals surface area contributed by atoms with Crippen LogP contribution >= 0.6 is 11.6 Å². The van der Waals surface area contributed by atoms with E-state index in [1.54, 1.807) is 49.6 Å². The van der Waals surface area contributed by atoms with Crippen molar-refractivity contribution < 1.29 is 18.8 Å². The van der Waals surface area contributed by atoms with Crippen LogP contribution in [0.25, 0.3) is 11.4 Å². The molecule has 2 aromatic carbocycles. The topological polar surface area (TPSA) is 86.5 Å². The molecule has 8 heteroatoms. The van der Waals surface area contributed by atoms with Crippen LogP contribution in [0, 0.1) is 0 Å². The number of hydrogen-bond acceptors (Lipinski definition) is 6. The lowest BCUT2D eigenvalue weighted by Gasteiger charge is -2.17. The number of aromatic nitrogens is 2. The van der Waals surface area contributed by atoms with Crippen LogP contribution in [-0.4, -0.2) is 29.3 Å². The molecule has 0 saturated heterocycles. The molecule has 1 N–H and O–H groups in total. The maximum Gasteiger partial charge on any atom is 0.261 e. The Morgan fingerprint density at radius 2 is 1.96 bits per heavy atom. The molecule has 3 aromatic rings. The van der Waals surface area contributed by atoms with Gasteiger partial charge in [0.25, 0.3) is 5.91 Å². The number of hydrogen-bond donors (Lipinski definition) is 1. The van der Waals surface area contributed by atoms with E-state index < -0.39 is 6.10 Å². The summed E-state index contributed by atoms with van der Waals surface area (Å²) in [6, 6.07) is 14.2. The molecule has 0 aliphatic rings. The number of halogens is 1. The molecule has 146 valence electrons. The molecule has 1 atom stereocenters. The summed E-state index contributed by atoms with van der Waals surface area (Å²) in [7, 11) is 1.58. The molecular formula is C20H20ClN3O4. The number of rotatable bonds is 8. The van der Waals surface area contributed by atoms with Gasteiger partial charge < -0.3 is 19.3 Å². The predicted octanol–water partition coefficient (Wildman–Crippen LogP) is 3.87. The maximum atomic E-state index is 12.4. The number of nitrogens with zero attached hydrogens (tertiary/aromatic N) is 2. The number of amides is 1. The third-order valence-electron chi connectivity index (χ3n) is 3.97. The van der Waals surface area contributed by atoms with Gasteiger partial charge in [-0.1, -0.05) is 29.7 Å². The largest absolute Gasteiger partial charge is 0.497 e. The van der Waals surface area contributed by atoms with Crippen molar-refractivity contribution in [1.82, 2.24) is 15.5 Å². The minimum absolute atomic E-state index is 0.109. The van der Waals surface area contributed by atoms with Crippen molar-refractivity contribution in [2.75, 3.05) is 7.11 Å². The van der Waals surface area contributed by atoms with Gasteiger partial charge in [-0.05, 0) is 42.8 Å². The number of carbonyl (C=O) groups excluding carboxylic acids is 1. The van der Waals surface area contributed by atoms with Gasteiger partial charge >= 0.3 is 0 Å². The lowest BCUT2D eigenvalue weighted by atomic mass is 10.2. The summed E-state index contributed by atoms with van der Waals surface area (Å²) in [5.74, 6) is 1.68. The Morgan fingerprint density at radius 3 is 2.68 bits per heavy atom. The molecule has 7 nitrogen and oxygen atoms in total. The van der Waals surface area contributed by atoms with Crippen LogP contribution in [-0.2, 0) is 11.3 Å². The minimum Gasteiger partial charge on any atom is -0.497 e. The summed E-state index contributed by atoms with van der Waals surface area (Å²) in [4.78, 5) is 16.7. The standard InChI is InChI=1S/C20H20ClN3O4/c1-3-17(27-16-6-4-5-15(11-16)26-2)20(25)22-12-18-23-19(24-28-18)13-7-9-14(21)10-8-13/h4-11,17H,3,12H2,1-2H3,(H,22,25)/t17-/m1/s1. The number of ether oxygens (including phenoxy) is 2. The first-order chi connectivity index (χ1) is 13.6. The Balaban J connectivity index is 1.58. The van der Waals surface area contributed by atoms with Gasteiger partial charge in [-0.15, -0.1) is 0 Å². The van der Waals surface area contributed by atoms with Crippen molar-refractivity contribution in [2.24, 2.45) is 0 Å². The van der Waals surface area contributed by atoms with Gasteiger partial charge in [-0.2, -0.15) is 4.98 Å². The van der Waals surface area contributed by atoms with Crippen LogP contribution in [0.2, 0.25) is 5.02 Å². The SMILES string of the molecule is CC[C@@H](Oc1cccc(OC)c1)C(=O)NCc1nc(-c2ccc(Cl)cc2)no1. The van der Waals surface area contributed by atoms with E-state index in [1.807, 2.05) is 13.0 Å². The summed E-state index contributed by atoms with van der Waals surface area (Å²) >= 11 is 5.88. The van der Waals surface area contributed by atoms with Crippen molar-refractivity contribution >= 4 is 17.5 Å². The molecule has 1 heterocycles. The van der Waals surface area contributed by atoms with E-state index in [0.717, 1.165) is 5.56 Å². The van der Waals surface area contributed by atoms with Crippen molar-refractivity contribution in [3.8, 4) is 22.9 Å². The Kier molecular flexibility index (Phi) is 6.49. The van der Waals surface area contributed by atoms with E-state index in [0.29, 0.717) is 34.7 Å². The molecule has 0 spiro atoms. The highest BCUT2D eigenvalue weighted by atomic mass is 35.5. The van der Waals surface area contributed by atoms with Gasteiger partial charge in [0, 0.05) is 16.7 Å². The van der Waals surface area contributed by atoms with Gasteiger partial charge in [-0.25, -0.2) is 0 Å². The Hall–Kier alpha value is -3.06. The van der Waals surface area contributed by atoms with E-state index in [9.17, 15) is 4.79 Å². The first kappa shape index (κ1) is 19.7. The molecule has 0 aliphatic carbocycles. The van der Waals surface area contributed by atoms with Gasteiger partial charge in [0.05, 0.1) is 13.7 Å². The fraction of sp³-hybridized carbons (Fsp3) is 0.250. The quantitative estimate of drug-likeness (QED) is 0.616. The third kappa shape index (κ3) is 5.01. The fourth-order valence-electron chi connectivity index (χ4n) is 2.48. The first-order valence-electron chi connectivity index (χ1n) is 8.76. The molecule has 1 aromatic heterocycles. The first-order valence-corrected chi connectivity index (χ1v) is 9.13. The highest BCUT2D eigenvalue weighted by Crippen LogP contribution is 2.21. The minimum atomic E-state index is -0.647. The summed E-state index contributed by atoms with van der Waals surface area (Å²) in [6.45, 7) is 1.98. The van der Waals surface area contributed by atoms with Crippen LogP contribution in [0.3, 0.4) is 0 Å². The number of benzene rings is 2. The van der Waals surface area contributed by atoms with E-state index in [1.165, 1.54) is 0 Å². The second-order valence-corrected chi connectivity index (χ2v) is 6.37. The zero-order valence-corrected chi connectivity index (χ0v) is 16.3. The van der Waals surface area contributed by atoms with Crippen molar-refractivity contribution in [1.29, 1.82) is 0 Å². The molecule has 0 radical (unpaired) electrons. The number of carbonyl (C=O) groups is 1. The lowest BCUT2D eigenvalue weighted by Crippen LogP contribution is -2.37. The number of nitrogens with one attached hydrogen (secondary N) is 1. The molecular weight excluding hydrogens is 382 g/mol. The smallest absolute Gasteiger partial charge is 0.261 e. The predicted molar refractivity (Wildman–Crippen MR) is 104 cm³/mol. The van der Waals surface area contributed by atoms with E-state index in [-0.39, 0.29) is 12.5 Å². The van der Waals surface area contributed by atoms with Gasteiger partial charge in [0.15, 0.2) is 6.10 Å². The highest BCUT2D eigenvalue weighted by molar-refractivity contribution is 6.30. The molecule has 1 amide bonds. The monoisotopic (exact) mass is 401 g/mol. The van der Waals surface area contributed by atoms with Gasteiger partial charge in [0.1, 0.15) is 11.5 Å². The molecule has 0 aliphatic heterocycles. The van der Waals surface area contributed by atoms with Crippen LogP contribution in [0.4, 0.5) is 0 Å². The zero-order chi connectivity index (χ0) is 19.9. The molecule has 0 bridgehead atoms. The third-order valence-corrected chi connectivity index (χ3v) is 4.22. The van der Waals surface area contributed by atoms with Gasteiger partial charge in [-0.3, -0.25) is 4.79 Å². The van der Waals surface area contributed by atoms with Crippen LogP contribution in [0.5, 0.6) is 11.5 Å². The number of methoxy groups -OCH3 is 1. The summed E-state index contributed by atoms with van der Waals surface area (Å²) < 4.78 is 16.1. The average Bonchev–Trinajstić information content (AvgIpc) is 3.20. The van der Waals surface area contributed by atoms with Crippen molar-refractivity contribution in [2.45, 2.75) is 26.0 Å². The summed E-state index contributed by atoms with van der Waals surface area (Å²) in [5.41, 5.74) is 0.776. The fourth-order valence-corrected chi connectivity index (χ4v) is 2.61. The average molecular weight is 402 g/mol. The van der Waals surface area contributed by atoms with Crippen molar-refractivity contribution in [3.63, 3.8) is 0 Å². The zero-order valence-electron chi connectivity index (χ0n) is 15.5. The Morgan fingerprint density at radius 1 is 1.21 bits per heavy atom. The lowest BCUT2D eigenvalue weighted by molar-refractivity contribution is -0.128. The highest BCUT2D eigenvalue weighted by Gasteiger charge is 2.19. The van der Waals surface area contributed by atoms with Crippen LogP contribution < -0.4 is 14.8 Å². The molecule has 0 unspecified atom stereocenters. The van der Waals surface area contributed by atoms with E-state index in [4.69, 9.17) is 25.6 Å². The molecule has 28 heavy (non-hydrogen) atoms. The second kappa shape index (κ2) is 9.23. The second-order valence-electron chi connectivity index (χ2n) is 5.93. The van der Waals surface area contributed by atoms with Gasteiger partial charge in [0.2, 0.25) is 11.7 Å².